The van der Waals surface area contributed by atoms with Gasteiger partial charge < -0.3 is 65.1 Å². The lowest BCUT2D eigenvalue weighted by Gasteiger charge is -2.46. The zero-order chi connectivity index (χ0) is 46.1. The maximum atomic E-state index is 13.1. The summed E-state index contributed by atoms with van der Waals surface area (Å²) >= 11 is 0. The summed E-state index contributed by atoms with van der Waals surface area (Å²) in [4.78, 5) is 13.1. The van der Waals surface area contributed by atoms with Gasteiger partial charge in [0.1, 0.15) is 48.8 Å². The van der Waals surface area contributed by atoms with E-state index in [1.165, 1.54) is 38.5 Å². The Hall–Kier alpha value is -2.57. The molecular formula is C49H83NO13. The maximum Gasteiger partial charge on any atom is 0.220 e. The van der Waals surface area contributed by atoms with Crippen molar-refractivity contribution in [1.82, 2.24) is 5.32 Å². The van der Waals surface area contributed by atoms with Crippen LogP contribution in [0.5, 0.6) is 0 Å². The van der Waals surface area contributed by atoms with Crippen molar-refractivity contribution in [3.8, 4) is 0 Å². The van der Waals surface area contributed by atoms with Gasteiger partial charge in [0, 0.05) is 6.42 Å². The Kier molecular flexibility index (Phi) is 32.0. The number of rotatable bonds is 34. The molecule has 362 valence electrons. The van der Waals surface area contributed by atoms with Crippen molar-refractivity contribution < 1.29 is 64.6 Å². The van der Waals surface area contributed by atoms with Gasteiger partial charge >= 0.3 is 0 Å². The first-order valence-electron chi connectivity index (χ1n) is 23.7. The largest absolute Gasteiger partial charge is 0.394 e. The van der Waals surface area contributed by atoms with E-state index >= 15 is 0 Å². The van der Waals surface area contributed by atoms with E-state index in [2.05, 4.69) is 79.9 Å². The lowest BCUT2D eigenvalue weighted by molar-refractivity contribution is -0.359. The number of carbonyl (C=O) groups is 1. The lowest BCUT2D eigenvalue weighted by Crippen LogP contribution is -2.65. The van der Waals surface area contributed by atoms with Gasteiger partial charge in [-0.1, -0.05) is 151 Å². The van der Waals surface area contributed by atoms with Gasteiger partial charge in [0.25, 0.3) is 0 Å². The second kappa shape index (κ2) is 35.7. The average molecular weight is 894 g/mol. The van der Waals surface area contributed by atoms with Crippen LogP contribution in [0.2, 0.25) is 0 Å². The van der Waals surface area contributed by atoms with Crippen LogP contribution in [0, 0.1) is 0 Å². The number of carbonyl (C=O) groups excluding carboxylic acids is 1. The van der Waals surface area contributed by atoms with Crippen molar-refractivity contribution in [2.75, 3.05) is 19.8 Å². The van der Waals surface area contributed by atoms with E-state index in [0.717, 1.165) is 64.2 Å². The van der Waals surface area contributed by atoms with Gasteiger partial charge in [-0.15, -0.1) is 0 Å². The van der Waals surface area contributed by atoms with Crippen LogP contribution >= 0.6 is 0 Å². The van der Waals surface area contributed by atoms with E-state index < -0.39 is 86.8 Å². The van der Waals surface area contributed by atoms with Crippen molar-refractivity contribution in [2.24, 2.45) is 0 Å². The number of ether oxygens (including phenoxy) is 4. The number of aliphatic hydroxyl groups excluding tert-OH is 8. The van der Waals surface area contributed by atoms with E-state index in [1.54, 1.807) is 0 Å². The van der Waals surface area contributed by atoms with Crippen LogP contribution in [0.3, 0.4) is 0 Å². The van der Waals surface area contributed by atoms with Gasteiger partial charge in [-0.25, -0.2) is 0 Å². The predicted octanol–water partition coefficient (Wildman–Crippen LogP) is 5.26. The van der Waals surface area contributed by atoms with Crippen molar-refractivity contribution in [1.29, 1.82) is 0 Å². The maximum absolute atomic E-state index is 13.1. The summed E-state index contributed by atoms with van der Waals surface area (Å²) in [5.74, 6) is -0.295. The minimum absolute atomic E-state index is 0.175. The van der Waals surface area contributed by atoms with Crippen LogP contribution in [-0.2, 0) is 23.7 Å². The minimum Gasteiger partial charge on any atom is -0.394 e. The molecule has 2 fully saturated rings. The normalized spacial score (nSPS) is 28.2. The monoisotopic (exact) mass is 894 g/mol. The summed E-state index contributed by atoms with van der Waals surface area (Å²) in [6.07, 6.45) is 26.4. The van der Waals surface area contributed by atoms with Crippen molar-refractivity contribution in [3.63, 3.8) is 0 Å². The van der Waals surface area contributed by atoms with Gasteiger partial charge in [-0.05, 0) is 51.4 Å². The highest BCUT2D eigenvalue weighted by Crippen LogP contribution is 2.30. The molecule has 2 aliphatic rings. The first-order valence-corrected chi connectivity index (χ1v) is 23.7. The highest BCUT2D eigenvalue weighted by molar-refractivity contribution is 5.76. The van der Waals surface area contributed by atoms with Gasteiger partial charge in [0.2, 0.25) is 5.91 Å². The molecule has 2 rings (SSSR count). The first-order chi connectivity index (χ1) is 30.6. The Labute approximate surface area is 377 Å². The molecule has 0 bridgehead atoms. The zero-order valence-corrected chi connectivity index (χ0v) is 38.0. The fourth-order valence-corrected chi connectivity index (χ4v) is 7.32. The number of hydrogen-bond donors (Lipinski definition) is 9. The number of nitrogens with one attached hydrogen (secondary N) is 1. The Bertz CT molecular complexity index is 1330. The molecular weight excluding hydrogens is 811 g/mol. The topological polar surface area (TPSA) is 228 Å². The quantitative estimate of drug-likeness (QED) is 0.0297. The van der Waals surface area contributed by atoms with Gasteiger partial charge in [0.15, 0.2) is 12.6 Å². The average Bonchev–Trinajstić information content (AvgIpc) is 3.28. The Balaban J connectivity index is 1.88. The molecule has 0 spiro atoms. The summed E-state index contributed by atoms with van der Waals surface area (Å²) in [5.41, 5.74) is 0. The minimum atomic E-state index is -1.79. The predicted molar refractivity (Wildman–Crippen MR) is 244 cm³/mol. The number of unbranched alkanes of at least 4 members (excludes halogenated alkanes) is 9. The van der Waals surface area contributed by atoms with Crippen LogP contribution in [0.15, 0.2) is 72.9 Å². The van der Waals surface area contributed by atoms with Gasteiger partial charge in [-0.2, -0.15) is 0 Å². The second-order valence-corrected chi connectivity index (χ2v) is 16.5. The molecule has 1 amide bonds. The molecule has 14 heteroatoms. The molecule has 0 aliphatic carbocycles. The third-order valence-electron chi connectivity index (χ3n) is 11.2. The van der Waals surface area contributed by atoms with E-state index in [9.17, 15) is 45.6 Å². The number of hydrogen-bond acceptors (Lipinski definition) is 13. The highest BCUT2D eigenvalue weighted by Gasteiger charge is 2.51. The fourth-order valence-electron chi connectivity index (χ4n) is 7.32. The molecule has 0 aromatic rings. The molecule has 2 saturated heterocycles. The highest BCUT2D eigenvalue weighted by atomic mass is 16.7. The summed E-state index contributed by atoms with van der Waals surface area (Å²) < 4.78 is 22.6. The van der Waals surface area contributed by atoms with Crippen LogP contribution in [0.1, 0.15) is 136 Å². The molecule has 12 unspecified atom stereocenters. The summed E-state index contributed by atoms with van der Waals surface area (Å²) in [6.45, 7) is 2.63. The summed E-state index contributed by atoms with van der Waals surface area (Å²) in [6, 6.07) is -0.870. The third kappa shape index (κ3) is 23.4. The standard InChI is InChI=1S/C49H83NO13/c1-3-5-7-9-11-13-15-16-17-18-19-20-21-22-23-25-27-29-31-33-41(54)50-37(38(53)32-30-28-26-24-14-12-10-8-6-4-2)36-60-48-46(59)44(57)47(40(35-52)62-48)63-49-45(58)43(56)42(55)39(34-51)61-49/h5,7,11,13,16-17,19-20,22-23,27,29,37-40,42-49,51-53,55-59H,3-4,6,8-10,12,14-15,18,21,24-26,28,30-36H2,1-2H3,(H,50,54)/b7-5-,13-11-,17-16-,20-19-,23-22-,29-27-. The molecule has 63 heavy (non-hydrogen) atoms. The van der Waals surface area contributed by atoms with Crippen molar-refractivity contribution >= 4 is 5.91 Å². The number of allylic oxidation sites excluding steroid dienone is 12. The smallest absolute Gasteiger partial charge is 0.220 e. The number of amides is 1. The molecule has 14 nitrogen and oxygen atoms in total. The van der Waals surface area contributed by atoms with Crippen LogP contribution in [-0.4, -0.2) is 140 Å². The molecule has 0 aromatic carbocycles. The van der Waals surface area contributed by atoms with Crippen molar-refractivity contribution in [2.45, 2.75) is 209 Å². The fraction of sp³-hybridized carbons (Fsp3) is 0.735. The summed E-state index contributed by atoms with van der Waals surface area (Å²) in [7, 11) is 0. The van der Waals surface area contributed by atoms with Crippen LogP contribution in [0.25, 0.3) is 0 Å². The van der Waals surface area contributed by atoms with Crippen LogP contribution in [0.4, 0.5) is 0 Å². The lowest BCUT2D eigenvalue weighted by atomic mass is 9.97. The Morgan fingerprint density at radius 3 is 1.59 bits per heavy atom. The third-order valence-corrected chi connectivity index (χ3v) is 11.2. The molecule has 0 radical (unpaired) electrons. The molecule has 12 atom stereocenters. The second-order valence-electron chi connectivity index (χ2n) is 16.5. The molecule has 2 heterocycles. The molecule has 0 saturated carbocycles. The molecule has 2 aliphatic heterocycles. The first kappa shape index (κ1) is 56.6. The van der Waals surface area contributed by atoms with E-state index in [0.29, 0.717) is 12.8 Å². The van der Waals surface area contributed by atoms with E-state index in [-0.39, 0.29) is 18.9 Å². The van der Waals surface area contributed by atoms with E-state index in [4.69, 9.17) is 18.9 Å². The van der Waals surface area contributed by atoms with Gasteiger partial charge in [0.05, 0.1) is 32.0 Å². The van der Waals surface area contributed by atoms with Crippen molar-refractivity contribution in [3.05, 3.63) is 72.9 Å². The Morgan fingerprint density at radius 2 is 1.06 bits per heavy atom. The summed E-state index contributed by atoms with van der Waals surface area (Å²) in [5, 5.41) is 86.5. The molecule has 0 aromatic heterocycles. The Morgan fingerprint density at radius 1 is 0.587 bits per heavy atom. The SMILES string of the molecule is CC/C=C\C/C=C\C/C=C\C/C=C\C/C=C\C/C=C\CCC(=O)NC(COC1OC(CO)C(OC2OC(CO)C(O)C(O)C2O)C(O)C1O)C(O)CCCCCCCCCCCC. The zero-order valence-electron chi connectivity index (χ0n) is 38.0. The van der Waals surface area contributed by atoms with E-state index in [1.807, 2.05) is 12.2 Å². The molecule has 9 N–H and O–H groups in total. The van der Waals surface area contributed by atoms with Crippen LogP contribution < -0.4 is 5.32 Å². The van der Waals surface area contributed by atoms with Gasteiger partial charge in [-0.3, -0.25) is 4.79 Å². The number of aliphatic hydroxyl groups is 8.